The summed E-state index contributed by atoms with van der Waals surface area (Å²) in [7, 11) is 1.49. The second kappa shape index (κ2) is 6.19. The average molecular weight is 207 g/mol. The predicted octanol–water partition coefficient (Wildman–Crippen LogP) is 2.70. The molecule has 0 aromatic heterocycles. The van der Waals surface area contributed by atoms with Crippen molar-refractivity contribution in [3.63, 3.8) is 0 Å². The van der Waals surface area contributed by atoms with Crippen LogP contribution in [0.3, 0.4) is 0 Å². The summed E-state index contributed by atoms with van der Waals surface area (Å²) in [6, 6.07) is 7.63. The summed E-state index contributed by atoms with van der Waals surface area (Å²) < 4.78 is 0. The SMILES string of the molecule is COOc1ccccc1C=NCC(C)C. The lowest BCUT2D eigenvalue weighted by atomic mass is 10.2. The van der Waals surface area contributed by atoms with Gasteiger partial charge < -0.3 is 4.89 Å². The van der Waals surface area contributed by atoms with Crippen molar-refractivity contribution in [2.45, 2.75) is 13.8 Å². The van der Waals surface area contributed by atoms with Gasteiger partial charge in [0, 0.05) is 18.3 Å². The van der Waals surface area contributed by atoms with Gasteiger partial charge in [-0.2, -0.15) is 4.89 Å². The summed E-state index contributed by atoms with van der Waals surface area (Å²) in [5.41, 5.74) is 0.931. The third-order valence-corrected chi connectivity index (χ3v) is 1.79. The first kappa shape index (κ1) is 11.7. The minimum absolute atomic E-state index is 0.566. The lowest BCUT2D eigenvalue weighted by Gasteiger charge is -2.04. The Morgan fingerprint density at radius 2 is 2.07 bits per heavy atom. The van der Waals surface area contributed by atoms with Gasteiger partial charge in [0.25, 0.3) is 0 Å². The highest BCUT2D eigenvalue weighted by atomic mass is 17.2. The van der Waals surface area contributed by atoms with Crippen molar-refractivity contribution >= 4 is 6.21 Å². The maximum atomic E-state index is 5.00. The highest BCUT2D eigenvalue weighted by molar-refractivity contribution is 5.83. The zero-order valence-corrected chi connectivity index (χ0v) is 9.43. The van der Waals surface area contributed by atoms with Crippen LogP contribution in [0.5, 0.6) is 5.75 Å². The minimum Gasteiger partial charge on any atom is -0.337 e. The Hall–Kier alpha value is -1.35. The summed E-state index contributed by atoms with van der Waals surface area (Å²) >= 11 is 0. The summed E-state index contributed by atoms with van der Waals surface area (Å²) in [6.07, 6.45) is 1.81. The predicted molar refractivity (Wildman–Crippen MR) is 61.4 cm³/mol. The quantitative estimate of drug-likeness (QED) is 0.422. The van der Waals surface area contributed by atoms with E-state index in [0.29, 0.717) is 11.7 Å². The molecule has 0 aliphatic heterocycles. The molecule has 0 spiro atoms. The molecule has 0 saturated carbocycles. The van der Waals surface area contributed by atoms with Gasteiger partial charge in [-0.1, -0.05) is 26.0 Å². The van der Waals surface area contributed by atoms with E-state index in [9.17, 15) is 0 Å². The number of hydrogen-bond acceptors (Lipinski definition) is 3. The van der Waals surface area contributed by atoms with Crippen LogP contribution in [-0.4, -0.2) is 19.9 Å². The molecule has 0 radical (unpaired) electrons. The van der Waals surface area contributed by atoms with Gasteiger partial charge in [0.1, 0.15) is 0 Å². The molecule has 15 heavy (non-hydrogen) atoms. The fraction of sp³-hybridized carbons (Fsp3) is 0.417. The van der Waals surface area contributed by atoms with E-state index in [2.05, 4.69) is 23.7 Å². The Morgan fingerprint density at radius 1 is 1.33 bits per heavy atom. The van der Waals surface area contributed by atoms with Crippen LogP contribution in [0, 0.1) is 5.92 Å². The molecule has 0 fully saturated rings. The normalized spacial score (nSPS) is 11.2. The van der Waals surface area contributed by atoms with Crippen LogP contribution in [0.25, 0.3) is 0 Å². The number of rotatable bonds is 5. The second-order valence-corrected chi connectivity index (χ2v) is 3.68. The van der Waals surface area contributed by atoms with Crippen LogP contribution >= 0.6 is 0 Å². The minimum atomic E-state index is 0.566. The van der Waals surface area contributed by atoms with E-state index in [1.807, 2.05) is 30.5 Å². The third-order valence-electron chi connectivity index (χ3n) is 1.79. The summed E-state index contributed by atoms with van der Waals surface area (Å²) in [5.74, 6) is 1.25. The molecule has 1 rings (SSSR count). The van der Waals surface area contributed by atoms with Crippen molar-refractivity contribution in [2.75, 3.05) is 13.7 Å². The zero-order valence-electron chi connectivity index (χ0n) is 9.43. The number of hydrogen-bond donors (Lipinski definition) is 0. The van der Waals surface area contributed by atoms with Crippen molar-refractivity contribution in [3.8, 4) is 5.75 Å². The first-order valence-electron chi connectivity index (χ1n) is 5.03. The van der Waals surface area contributed by atoms with E-state index >= 15 is 0 Å². The van der Waals surface area contributed by atoms with Crippen molar-refractivity contribution in [1.29, 1.82) is 0 Å². The highest BCUT2D eigenvalue weighted by Crippen LogP contribution is 2.15. The molecular weight excluding hydrogens is 190 g/mol. The molecular formula is C12H17NO2. The van der Waals surface area contributed by atoms with Gasteiger partial charge in [-0.3, -0.25) is 4.99 Å². The van der Waals surface area contributed by atoms with E-state index in [4.69, 9.17) is 4.89 Å². The topological polar surface area (TPSA) is 30.8 Å². The summed E-state index contributed by atoms with van der Waals surface area (Å²) in [4.78, 5) is 14.0. The maximum Gasteiger partial charge on any atom is 0.174 e. The van der Waals surface area contributed by atoms with E-state index < -0.39 is 0 Å². The molecule has 3 nitrogen and oxygen atoms in total. The summed E-state index contributed by atoms with van der Waals surface area (Å²) in [5, 5.41) is 0. The van der Waals surface area contributed by atoms with Crippen LogP contribution in [0.4, 0.5) is 0 Å². The van der Waals surface area contributed by atoms with Gasteiger partial charge in [-0.05, 0) is 18.1 Å². The Kier molecular flexibility index (Phi) is 4.84. The Balaban J connectivity index is 2.70. The molecule has 0 bridgehead atoms. The third kappa shape index (κ3) is 4.13. The molecule has 0 unspecified atom stereocenters. The monoisotopic (exact) mass is 207 g/mol. The Labute approximate surface area is 90.7 Å². The second-order valence-electron chi connectivity index (χ2n) is 3.68. The van der Waals surface area contributed by atoms with E-state index in [1.165, 1.54) is 7.11 Å². The van der Waals surface area contributed by atoms with E-state index in [1.54, 1.807) is 0 Å². The van der Waals surface area contributed by atoms with E-state index in [-0.39, 0.29) is 0 Å². The van der Waals surface area contributed by atoms with Crippen molar-refractivity contribution < 1.29 is 9.78 Å². The van der Waals surface area contributed by atoms with E-state index in [0.717, 1.165) is 12.1 Å². The lowest BCUT2D eigenvalue weighted by Crippen LogP contribution is -1.97. The fourth-order valence-electron chi connectivity index (χ4n) is 1.11. The highest BCUT2D eigenvalue weighted by Gasteiger charge is 2.00. The number of para-hydroxylation sites is 1. The van der Waals surface area contributed by atoms with Gasteiger partial charge in [-0.15, -0.1) is 0 Å². The van der Waals surface area contributed by atoms with Crippen LogP contribution in [-0.2, 0) is 4.89 Å². The smallest absolute Gasteiger partial charge is 0.174 e. The molecule has 0 saturated heterocycles. The molecule has 0 aliphatic carbocycles. The lowest BCUT2D eigenvalue weighted by molar-refractivity contribution is -0.178. The molecule has 82 valence electrons. The summed E-state index contributed by atoms with van der Waals surface area (Å²) in [6.45, 7) is 5.09. The molecule has 0 atom stereocenters. The van der Waals surface area contributed by atoms with Gasteiger partial charge in [-0.25, -0.2) is 0 Å². The molecule has 0 heterocycles. The molecule has 3 heteroatoms. The molecule has 0 aliphatic rings. The zero-order chi connectivity index (χ0) is 11.1. The van der Waals surface area contributed by atoms with Crippen molar-refractivity contribution in [2.24, 2.45) is 10.9 Å². The first-order valence-corrected chi connectivity index (χ1v) is 5.03. The largest absolute Gasteiger partial charge is 0.337 e. The van der Waals surface area contributed by atoms with Crippen molar-refractivity contribution in [1.82, 2.24) is 0 Å². The van der Waals surface area contributed by atoms with Crippen molar-refractivity contribution in [3.05, 3.63) is 29.8 Å². The molecule has 1 aromatic rings. The Morgan fingerprint density at radius 3 is 2.73 bits per heavy atom. The maximum absolute atomic E-state index is 5.00. The number of benzene rings is 1. The molecule has 1 aromatic carbocycles. The van der Waals surface area contributed by atoms with Crippen LogP contribution < -0.4 is 4.89 Å². The first-order chi connectivity index (χ1) is 7.24. The average Bonchev–Trinajstić information content (AvgIpc) is 2.20. The van der Waals surface area contributed by atoms with Crippen LogP contribution in [0.1, 0.15) is 19.4 Å². The molecule has 0 N–H and O–H groups in total. The number of aliphatic imine (C=N–C) groups is 1. The van der Waals surface area contributed by atoms with Gasteiger partial charge in [0.05, 0.1) is 7.11 Å². The fourth-order valence-corrected chi connectivity index (χ4v) is 1.11. The van der Waals surface area contributed by atoms with Crippen LogP contribution in [0.15, 0.2) is 29.3 Å². The number of nitrogens with zero attached hydrogens (tertiary/aromatic N) is 1. The standard InChI is InChI=1S/C12H17NO2/c1-10(2)8-13-9-11-6-4-5-7-12(11)15-14-3/h4-7,9-10H,8H2,1-3H3. The molecule has 0 amide bonds. The van der Waals surface area contributed by atoms with Crippen LogP contribution in [0.2, 0.25) is 0 Å². The van der Waals surface area contributed by atoms with Gasteiger partial charge in [0.15, 0.2) is 5.75 Å². The van der Waals surface area contributed by atoms with Gasteiger partial charge in [0.2, 0.25) is 0 Å². The Bertz CT molecular complexity index is 321. The van der Waals surface area contributed by atoms with Gasteiger partial charge >= 0.3 is 0 Å².